The van der Waals surface area contributed by atoms with Crippen molar-refractivity contribution in [3.63, 3.8) is 0 Å². The van der Waals surface area contributed by atoms with E-state index in [-0.39, 0.29) is 12.5 Å². The van der Waals surface area contributed by atoms with Gasteiger partial charge in [-0.1, -0.05) is 60.7 Å². The first-order valence-electron chi connectivity index (χ1n) is 8.27. The fraction of sp³-hybridized carbons (Fsp3) is 0.143. The molecule has 3 aromatic carbocycles. The maximum atomic E-state index is 11.8. The quantitative estimate of drug-likeness (QED) is 0.526. The molecule has 0 spiro atoms. The third-order valence-electron chi connectivity index (χ3n) is 3.78. The molecular weight excluding hydrogens is 312 g/mol. The summed E-state index contributed by atoms with van der Waals surface area (Å²) in [5.41, 5.74) is 3.73. The summed E-state index contributed by atoms with van der Waals surface area (Å²) in [4.78, 5) is 11.8. The fourth-order valence-electron chi connectivity index (χ4n) is 2.50. The lowest BCUT2D eigenvalue weighted by atomic mass is 10.1. The summed E-state index contributed by atoms with van der Waals surface area (Å²) in [6.07, 6.45) is 3.38. The van der Waals surface area contributed by atoms with Gasteiger partial charge in [0, 0.05) is 6.21 Å². The van der Waals surface area contributed by atoms with Crippen molar-refractivity contribution in [2.75, 3.05) is 6.61 Å². The van der Waals surface area contributed by atoms with E-state index in [1.165, 1.54) is 5.56 Å². The van der Waals surface area contributed by atoms with Crippen molar-refractivity contribution in [2.45, 2.75) is 12.8 Å². The molecule has 0 bridgehead atoms. The van der Waals surface area contributed by atoms with Crippen LogP contribution in [0.3, 0.4) is 0 Å². The van der Waals surface area contributed by atoms with Crippen LogP contribution < -0.4 is 10.2 Å². The number of hydrogen-bond acceptors (Lipinski definition) is 3. The highest BCUT2D eigenvalue weighted by Crippen LogP contribution is 2.20. The Hall–Kier alpha value is -3.14. The maximum absolute atomic E-state index is 11.8. The van der Waals surface area contributed by atoms with E-state index in [1.54, 1.807) is 6.21 Å². The van der Waals surface area contributed by atoms with Crippen molar-refractivity contribution >= 4 is 22.9 Å². The average Bonchev–Trinajstić information content (AvgIpc) is 2.67. The lowest BCUT2D eigenvalue weighted by molar-refractivity contribution is -0.123. The molecule has 1 amide bonds. The number of benzene rings is 3. The van der Waals surface area contributed by atoms with E-state index >= 15 is 0 Å². The second-order valence-electron chi connectivity index (χ2n) is 5.67. The van der Waals surface area contributed by atoms with Gasteiger partial charge in [0.05, 0.1) is 0 Å². The van der Waals surface area contributed by atoms with Gasteiger partial charge in [-0.25, -0.2) is 5.43 Å². The molecule has 4 nitrogen and oxygen atoms in total. The second-order valence-corrected chi connectivity index (χ2v) is 5.67. The number of nitrogens with zero attached hydrogens (tertiary/aromatic N) is 1. The van der Waals surface area contributed by atoms with E-state index in [4.69, 9.17) is 4.74 Å². The number of rotatable bonds is 7. The summed E-state index contributed by atoms with van der Waals surface area (Å²) in [7, 11) is 0. The maximum Gasteiger partial charge on any atom is 0.277 e. The summed E-state index contributed by atoms with van der Waals surface area (Å²) in [6.45, 7) is -0.0611. The van der Waals surface area contributed by atoms with Gasteiger partial charge < -0.3 is 4.74 Å². The zero-order chi connectivity index (χ0) is 17.3. The molecular formula is C21H20N2O2. The number of fused-ring (bicyclic) bond motifs is 1. The second kappa shape index (κ2) is 8.64. The zero-order valence-electron chi connectivity index (χ0n) is 13.9. The monoisotopic (exact) mass is 332 g/mol. The minimum absolute atomic E-state index is 0.0611. The normalized spacial score (nSPS) is 10.9. The molecule has 0 aliphatic carbocycles. The highest BCUT2D eigenvalue weighted by Gasteiger charge is 2.02. The van der Waals surface area contributed by atoms with Gasteiger partial charge in [0.1, 0.15) is 5.75 Å². The van der Waals surface area contributed by atoms with Crippen LogP contribution in [0.15, 0.2) is 77.9 Å². The summed E-state index contributed by atoms with van der Waals surface area (Å²) < 4.78 is 5.52. The van der Waals surface area contributed by atoms with E-state index < -0.39 is 0 Å². The molecule has 1 N–H and O–H groups in total. The molecule has 0 unspecified atom stereocenters. The van der Waals surface area contributed by atoms with Crippen LogP contribution in [0.5, 0.6) is 5.75 Å². The van der Waals surface area contributed by atoms with Crippen LogP contribution in [0.1, 0.15) is 12.0 Å². The third-order valence-corrected chi connectivity index (χ3v) is 3.78. The first-order valence-corrected chi connectivity index (χ1v) is 8.27. The van der Waals surface area contributed by atoms with Crippen LogP contribution in [-0.2, 0) is 11.2 Å². The molecule has 0 fully saturated rings. The Morgan fingerprint density at radius 1 is 0.960 bits per heavy atom. The van der Waals surface area contributed by atoms with Crippen LogP contribution in [0, 0.1) is 0 Å². The average molecular weight is 332 g/mol. The molecule has 3 rings (SSSR count). The molecule has 0 aromatic heterocycles. The lowest BCUT2D eigenvalue weighted by Crippen LogP contribution is -2.24. The number of nitrogens with one attached hydrogen (secondary N) is 1. The Kier molecular flexibility index (Phi) is 5.77. The van der Waals surface area contributed by atoms with Gasteiger partial charge in [-0.05, 0) is 41.3 Å². The van der Waals surface area contributed by atoms with Crippen molar-refractivity contribution in [2.24, 2.45) is 5.10 Å². The minimum Gasteiger partial charge on any atom is -0.484 e. The van der Waals surface area contributed by atoms with Gasteiger partial charge in [-0.15, -0.1) is 0 Å². The number of carbonyl (C=O) groups excluding carboxylic acids is 1. The Morgan fingerprint density at radius 3 is 2.56 bits per heavy atom. The SMILES string of the molecule is O=C(COc1ccc2ccccc2c1)N/N=C/CCc1ccccc1. The molecule has 4 heteroatoms. The Balaban J connectivity index is 1.40. The van der Waals surface area contributed by atoms with Crippen molar-refractivity contribution in [1.82, 2.24) is 5.43 Å². The van der Waals surface area contributed by atoms with Crippen molar-refractivity contribution in [3.8, 4) is 5.75 Å². The molecule has 0 saturated heterocycles. The number of amides is 1. The first-order chi connectivity index (χ1) is 12.3. The fourth-order valence-corrected chi connectivity index (χ4v) is 2.50. The van der Waals surface area contributed by atoms with Crippen molar-refractivity contribution < 1.29 is 9.53 Å². The lowest BCUT2D eigenvalue weighted by Gasteiger charge is -2.06. The molecule has 0 radical (unpaired) electrons. The molecule has 0 saturated carbocycles. The molecule has 0 atom stereocenters. The van der Waals surface area contributed by atoms with E-state index in [0.29, 0.717) is 5.75 Å². The molecule has 0 aliphatic heterocycles. The van der Waals surface area contributed by atoms with Gasteiger partial charge >= 0.3 is 0 Å². The molecule has 126 valence electrons. The van der Waals surface area contributed by atoms with E-state index in [0.717, 1.165) is 23.6 Å². The van der Waals surface area contributed by atoms with E-state index in [1.807, 2.05) is 60.7 Å². The Morgan fingerprint density at radius 2 is 1.72 bits per heavy atom. The standard InChI is InChI=1S/C21H20N2O2/c24-21(23-22-14-6-9-17-7-2-1-3-8-17)16-25-20-13-12-18-10-4-5-11-19(18)15-20/h1-5,7-8,10-15H,6,9,16H2,(H,23,24)/b22-14+. The van der Waals surface area contributed by atoms with Crippen LogP contribution >= 0.6 is 0 Å². The van der Waals surface area contributed by atoms with Gasteiger partial charge in [-0.3, -0.25) is 4.79 Å². The number of carbonyl (C=O) groups is 1. The number of aryl methyl sites for hydroxylation is 1. The molecule has 0 aliphatic rings. The summed E-state index contributed by atoms with van der Waals surface area (Å²) in [5.74, 6) is 0.394. The number of ether oxygens (including phenoxy) is 1. The van der Waals surface area contributed by atoms with Crippen LogP contribution in [0.25, 0.3) is 10.8 Å². The largest absolute Gasteiger partial charge is 0.484 e. The van der Waals surface area contributed by atoms with Crippen molar-refractivity contribution in [1.29, 1.82) is 0 Å². The third kappa shape index (κ3) is 5.18. The Labute approximate surface area is 147 Å². The number of hydrazone groups is 1. The summed E-state index contributed by atoms with van der Waals surface area (Å²) in [6, 6.07) is 23.9. The predicted octanol–water partition coefficient (Wildman–Crippen LogP) is 3.95. The molecule has 25 heavy (non-hydrogen) atoms. The van der Waals surface area contributed by atoms with E-state index in [9.17, 15) is 4.79 Å². The van der Waals surface area contributed by atoms with Crippen molar-refractivity contribution in [3.05, 3.63) is 78.4 Å². The first kappa shape index (κ1) is 16.7. The highest BCUT2D eigenvalue weighted by molar-refractivity contribution is 5.84. The van der Waals surface area contributed by atoms with E-state index in [2.05, 4.69) is 22.7 Å². The van der Waals surface area contributed by atoms with Gasteiger partial charge in [0.15, 0.2) is 6.61 Å². The topological polar surface area (TPSA) is 50.7 Å². The van der Waals surface area contributed by atoms with Gasteiger partial charge in [-0.2, -0.15) is 5.10 Å². The number of hydrogen-bond donors (Lipinski definition) is 1. The summed E-state index contributed by atoms with van der Waals surface area (Å²) in [5, 5.41) is 6.17. The smallest absolute Gasteiger partial charge is 0.277 e. The Bertz CT molecular complexity index is 860. The highest BCUT2D eigenvalue weighted by atomic mass is 16.5. The van der Waals surface area contributed by atoms with Crippen LogP contribution in [-0.4, -0.2) is 18.7 Å². The zero-order valence-corrected chi connectivity index (χ0v) is 13.9. The summed E-state index contributed by atoms with van der Waals surface area (Å²) >= 11 is 0. The van der Waals surface area contributed by atoms with Gasteiger partial charge in [0.25, 0.3) is 5.91 Å². The minimum atomic E-state index is -0.274. The van der Waals surface area contributed by atoms with Crippen LogP contribution in [0.2, 0.25) is 0 Å². The predicted molar refractivity (Wildman–Crippen MR) is 101 cm³/mol. The molecule has 0 heterocycles. The molecule has 3 aromatic rings. The van der Waals surface area contributed by atoms with Crippen LogP contribution in [0.4, 0.5) is 0 Å². The van der Waals surface area contributed by atoms with Gasteiger partial charge in [0.2, 0.25) is 0 Å².